The van der Waals surface area contributed by atoms with Crippen LogP contribution in [0.1, 0.15) is 28.6 Å². The number of hydrogen-bond acceptors (Lipinski definition) is 6. The van der Waals surface area contributed by atoms with Crippen LogP contribution in [0.3, 0.4) is 0 Å². The van der Waals surface area contributed by atoms with Crippen LogP contribution in [0.4, 0.5) is 11.4 Å². The van der Waals surface area contributed by atoms with Gasteiger partial charge in [0.15, 0.2) is 0 Å². The maximum absolute atomic E-state index is 13.0. The van der Waals surface area contributed by atoms with E-state index in [1.165, 1.54) is 12.1 Å². The zero-order chi connectivity index (χ0) is 23.4. The van der Waals surface area contributed by atoms with Crippen molar-refractivity contribution in [3.05, 3.63) is 86.2 Å². The predicted molar refractivity (Wildman–Crippen MR) is 118 cm³/mol. The zero-order valence-electron chi connectivity index (χ0n) is 17.7. The molecule has 0 aliphatic carbocycles. The van der Waals surface area contributed by atoms with Gasteiger partial charge in [0.25, 0.3) is 11.6 Å². The first-order chi connectivity index (χ1) is 15.2. The number of amides is 1. The molecule has 0 bridgehead atoms. The lowest BCUT2D eigenvalue weighted by Gasteiger charge is -2.18. The molecule has 0 fully saturated rings. The van der Waals surface area contributed by atoms with Gasteiger partial charge in [0.2, 0.25) is 6.10 Å². The number of halogens is 1. The number of nitrogens with one attached hydrogen (secondary N) is 1. The molecule has 32 heavy (non-hydrogen) atoms. The fourth-order valence-electron chi connectivity index (χ4n) is 3.21. The normalized spacial score (nSPS) is 11.6. The van der Waals surface area contributed by atoms with Crippen LogP contribution in [0.5, 0.6) is 0 Å². The summed E-state index contributed by atoms with van der Waals surface area (Å²) in [5.41, 5.74) is 2.71. The van der Waals surface area contributed by atoms with Crippen molar-refractivity contribution in [3.63, 3.8) is 0 Å². The van der Waals surface area contributed by atoms with Crippen LogP contribution in [0, 0.1) is 24.0 Å². The number of benzene rings is 2. The minimum absolute atomic E-state index is 0.00713. The van der Waals surface area contributed by atoms with E-state index in [1.807, 2.05) is 6.92 Å². The highest BCUT2D eigenvalue weighted by Crippen LogP contribution is 2.29. The van der Waals surface area contributed by atoms with E-state index >= 15 is 0 Å². The number of nitrogens with zero attached hydrogens (tertiary/aromatic N) is 3. The fraction of sp³-hybridized carbons (Fsp3) is 0.227. The van der Waals surface area contributed by atoms with Crippen LogP contribution in [0.2, 0.25) is 5.02 Å². The summed E-state index contributed by atoms with van der Waals surface area (Å²) < 4.78 is 7.23. The van der Waals surface area contributed by atoms with Crippen LogP contribution in [-0.2, 0) is 27.8 Å². The molecule has 9 nitrogen and oxygen atoms in total. The second kappa shape index (κ2) is 9.61. The summed E-state index contributed by atoms with van der Waals surface area (Å²) in [6.07, 6.45) is -1.28. The van der Waals surface area contributed by atoms with E-state index in [-0.39, 0.29) is 22.8 Å². The van der Waals surface area contributed by atoms with Gasteiger partial charge in [-0.3, -0.25) is 24.4 Å². The van der Waals surface area contributed by atoms with E-state index in [0.29, 0.717) is 11.3 Å². The highest BCUT2D eigenvalue weighted by molar-refractivity contribution is 6.34. The number of esters is 1. The van der Waals surface area contributed by atoms with Crippen molar-refractivity contribution in [3.8, 4) is 0 Å². The lowest BCUT2D eigenvalue weighted by atomic mass is 10.1. The second-order valence-corrected chi connectivity index (χ2v) is 7.55. The third kappa shape index (κ3) is 5.12. The van der Waals surface area contributed by atoms with E-state index in [4.69, 9.17) is 16.3 Å². The van der Waals surface area contributed by atoms with E-state index in [2.05, 4.69) is 10.4 Å². The quantitative estimate of drug-likeness (QED) is 0.325. The molecule has 0 saturated carbocycles. The number of non-ortho nitro benzene ring substituents is 1. The van der Waals surface area contributed by atoms with Crippen molar-refractivity contribution in [1.82, 2.24) is 9.78 Å². The fourth-order valence-corrected chi connectivity index (χ4v) is 3.43. The summed E-state index contributed by atoms with van der Waals surface area (Å²) in [7, 11) is 1.78. The Bertz CT molecular complexity index is 1180. The Hall–Kier alpha value is -3.72. The molecule has 3 aromatic rings. The Labute approximate surface area is 189 Å². The maximum atomic E-state index is 13.0. The number of aromatic nitrogens is 2. The van der Waals surface area contributed by atoms with E-state index in [1.54, 1.807) is 49.0 Å². The van der Waals surface area contributed by atoms with Gasteiger partial charge in [-0.15, -0.1) is 0 Å². The van der Waals surface area contributed by atoms with Crippen LogP contribution in [-0.4, -0.2) is 26.6 Å². The summed E-state index contributed by atoms with van der Waals surface area (Å²) >= 11 is 6.08. The summed E-state index contributed by atoms with van der Waals surface area (Å²) in [6, 6.07) is 12.2. The van der Waals surface area contributed by atoms with Gasteiger partial charge < -0.3 is 10.1 Å². The topological polar surface area (TPSA) is 116 Å². The zero-order valence-corrected chi connectivity index (χ0v) is 18.4. The van der Waals surface area contributed by atoms with Crippen molar-refractivity contribution in [2.24, 2.45) is 7.05 Å². The number of anilines is 1. The molecule has 0 aliphatic rings. The number of rotatable bonds is 7. The maximum Gasteiger partial charge on any atom is 0.311 e. The van der Waals surface area contributed by atoms with Gasteiger partial charge in [0, 0.05) is 36.0 Å². The number of hydrogen-bond donors (Lipinski definition) is 1. The Morgan fingerprint density at radius 1 is 1.22 bits per heavy atom. The van der Waals surface area contributed by atoms with E-state index < -0.39 is 22.9 Å². The lowest BCUT2D eigenvalue weighted by Crippen LogP contribution is -2.26. The molecule has 0 spiro atoms. The Kier molecular flexibility index (Phi) is 6.89. The number of aryl methyl sites for hydroxylation is 2. The average molecular weight is 457 g/mol. The Morgan fingerprint density at radius 2 is 1.91 bits per heavy atom. The molecule has 1 unspecified atom stereocenters. The smallest absolute Gasteiger partial charge is 0.311 e. The standard InChI is InChI=1S/C22H21ClN4O5/c1-13-17(14(2)26(3)25-13)12-20(28)32-21(15-7-5-4-6-8-15)22(29)24-19-10-9-16(27(30)31)11-18(19)23/h4-11,21H,12H2,1-3H3,(H,24,29). The molecule has 3 rings (SSSR count). The third-order valence-corrected chi connectivity index (χ3v) is 5.30. The number of ether oxygens (including phenoxy) is 1. The van der Waals surface area contributed by atoms with Crippen molar-refractivity contribution in [1.29, 1.82) is 0 Å². The molecule has 1 N–H and O–H groups in total. The Balaban J connectivity index is 1.82. The van der Waals surface area contributed by atoms with Crippen molar-refractivity contribution >= 4 is 34.9 Å². The van der Waals surface area contributed by atoms with Gasteiger partial charge in [-0.1, -0.05) is 41.9 Å². The first-order valence-electron chi connectivity index (χ1n) is 9.65. The third-order valence-electron chi connectivity index (χ3n) is 4.99. The SMILES string of the molecule is Cc1nn(C)c(C)c1CC(=O)OC(C(=O)Nc1ccc([N+](=O)[O-])cc1Cl)c1ccccc1. The molecule has 1 aromatic heterocycles. The van der Waals surface area contributed by atoms with Gasteiger partial charge in [0.1, 0.15) is 0 Å². The van der Waals surface area contributed by atoms with Crippen LogP contribution in [0.25, 0.3) is 0 Å². The molecular weight excluding hydrogens is 436 g/mol. The minimum atomic E-state index is -1.24. The average Bonchev–Trinajstić information content (AvgIpc) is 2.99. The van der Waals surface area contributed by atoms with Crippen LogP contribution < -0.4 is 5.32 Å². The van der Waals surface area contributed by atoms with Crippen molar-refractivity contribution in [2.45, 2.75) is 26.4 Å². The van der Waals surface area contributed by atoms with Gasteiger partial charge in [0.05, 0.1) is 27.7 Å². The van der Waals surface area contributed by atoms with Crippen LogP contribution >= 0.6 is 11.6 Å². The second-order valence-electron chi connectivity index (χ2n) is 7.14. The number of carbonyl (C=O) groups is 2. The summed E-state index contributed by atoms with van der Waals surface area (Å²) in [4.78, 5) is 36.0. The molecule has 2 aromatic carbocycles. The van der Waals surface area contributed by atoms with E-state index in [9.17, 15) is 19.7 Å². The molecule has 0 radical (unpaired) electrons. The summed E-state index contributed by atoms with van der Waals surface area (Å²) in [6.45, 7) is 3.65. The number of carbonyl (C=O) groups excluding carboxylic acids is 2. The van der Waals surface area contributed by atoms with Gasteiger partial charge in [-0.05, 0) is 19.9 Å². The van der Waals surface area contributed by atoms with Gasteiger partial charge >= 0.3 is 5.97 Å². The van der Waals surface area contributed by atoms with Gasteiger partial charge in [-0.2, -0.15) is 5.10 Å². The van der Waals surface area contributed by atoms with Crippen LogP contribution in [0.15, 0.2) is 48.5 Å². The Morgan fingerprint density at radius 3 is 2.47 bits per heavy atom. The summed E-state index contributed by atoms with van der Waals surface area (Å²) in [5, 5.41) is 17.8. The van der Waals surface area contributed by atoms with Crippen molar-refractivity contribution < 1.29 is 19.2 Å². The van der Waals surface area contributed by atoms with E-state index in [0.717, 1.165) is 17.3 Å². The lowest BCUT2D eigenvalue weighted by molar-refractivity contribution is -0.384. The molecule has 1 amide bonds. The molecule has 0 saturated heterocycles. The molecule has 1 heterocycles. The highest BCUT2D eigenvalue weighted by Gasteiger charge is 2.27. The minimum Gasteiger partial charge on any atom is -0.447 e. The number of nitro benzene ring substituents is 1. The van der Waals surface area contributed by atoms with Crippen molar-refractivity contribution in [2.75, 3.05) is 5.32 Å². The first-order valence-corrected chi connectivity index (χ1v) is 10.0. The molecular formula is C22H21ClN4O5. The predicted octanol–water partition coefficient (Wildman–Crippen LogP) is 4.06. The molecule has 166 valence electrons. The first kappa shape index (κ1) is 23.0. The highest BCUT2D eigenvalue weighted by atomic mass is 35.5. The largest absolute Gasteiger partial charge is 0.447 e. The number of nitro groups is 1. The van der Waals surface area contributed by atoms with Gasteiger partial charge in [-0.25, -0.2) is 0 Å². The molecule has 1 atom stereocenters. The summed E-state index contributed by atoms with van der Waals surface area (Å²) in [5.74, 6) is -1.23. The monoisotopic (exact) mass is 456 g/mol. The molecule has 0 aliphatic heterocycles. The molecule has 10 heteroatoms.